The number of methoxy groups -OCH3 is 1. The third-order valence-corrected chi connectivity index (χ3v) is 4.53. The highest BCUT2D eigenvalue weighted by Gasteiger charge is 2.23. The second kappa shape index (κ2) is 9.34. The number of anilines is 1. The maximum Gasteiger partial charge on any atom is 0.194 e. The van der Waals surface area contributed by atoms with Gasteiger partial charge in [0.1, 0.15) is 5.75 Å². The Labute approximate surface area is 162 Å². The third-order valence-electron chi connectivity index (χ3n) is 4.53. The van der Waals surface area contributed by atoms with Gasteiger partial charge in [-0.2, -0.15) is 0 Å². The van der Waals surface area contributed by atoms with Gasteiger partial charge in [-0.3, -0.25) is 4.99 Å². The zero-order valence-corrected chi connectivity index (χ0v) is 17.0. The summed E-state index contributed by atoms with van der Waals surface area (Å²) in [6.07, 6.45) is 2.71. The van der Waals surface area contributed by atoms with E-state index in [2.05, 4.69) is 40.2 Å². The van der Waals surface area contributed by atoms with E-state index in [9.17, 15) is 0 Å². The number of piperazine rings is 1. The highest BCUT2D eigenvalue weighted by Crippen LogP contribution is 2.29. The van der Waals surface area contributed by atoms with E-state index >= 15 is 0 Å². The summed E-state index contributed by atoms with van der Waals surface area (Å²) >= 11 is 0. The van der Waals surface area contributed by atoms with E-state index in [1.54, 1.807) is 7.11 Å². The van der Waals surface area contributed by atoms with Gasteiger partial charge in [0.15, 0.2) is 5.96 Å². The zero-order chi connectivity index (χ0) is 16.1. The highest BCUT2D eigenvalue weighted by molar-refractivity contribution is 14.0. The smallest absolute Gasteiger partial charge is 0.194 e. The summed E-state index contributed by atoms with van der Waals surface area (Å²) in [6, 6.07) is 8.32. The van der Waals surface area contributed by atoms with Crippen LogP contribution in [0.3, 0.4) is 0 Å². The zero-order valence-electron chi connectivity index (χ0n) is 14.7. The van der Waals surface area contributed by atoms with Crippen molar-refractivity contribution in [2.45, 2.75) is 19.8 Å². The van der Waals surface area contributed by atoms with Crippen LogP contribution in [0.4, 0.5) is 5.69 Å². The molecule has 0 spiro atoms. The quantitative estimate of drug-likeness (QED) is 0.431. The fourth-order valence-corrected chi connectivity index (χ4v) is 2.93. The van der Waals surface area contributed by atoms with E-state index in [-0.39, 0.29) is 24.0 Å². The molecule has 5 nitrogen and oxygen atoms in total. The van der Waals surface area contributed by atoms with E-state index in [1.807, 2.05) is 6.07 Å². The predicted octanol–water partition coefficient (Wildman–Crippen LogP) is 2.81. The molecule has 1 saturated heterocycles. The number of halogens is 1. The van der Waals surface area contributed by atoms with Crippen molar-refractivity contribution in [2.75, 3.05) is 51.3 Å². The SMILES string of the molecule is CCNC(=NCC1CC1)N1CCN(c2cccc(OC)c2)CC1.I. The number of rotatable bonds is 5. The second-order valence-electron chi connectivity index (χ2n) is 6.31. The number of nitrogens with zero attached hydrogens (tertiary/aromatic N) is 3. The van der Waals surface area contributed by atoms with Gasteiger partial charge in [-0.15, -0.1) is 24.0 Å². The second-order valence-corrected chi connectivity index (χ2v) is 6.31. The molecule has 24 heavy (non-hydrogen) atoms. The molecule has 1 aliphatic heterocycles. The molecule has 0 amide bonds. The minimum absolute atomic E-state index is 0. The Bertz CT molecular complexity index is 540. The standard InChI is InChI=1S/C18H28N4O.HI/c1-3-19-18(20-14-15-7-8-15)22-11-9-21(10-12-22)16-5-4-6-17(13-16)23-2;/h4-6,13,15H,3,7-12,14H2,1-2H3,(H,19,20);1H. The Balaban J connectivity index is 0.00000208. The van der Waals surface area contributed by atoms with Crippen LogP contribution < -0.4 is 15.0 Å². The summed E-state index contributed by atoms with van der Waals surface area (Å²) in [5.41, 5.74) is 1.24. The lowest BCUT2D eigenvalue weighted by Gasteiger charge is -2.37. The first kappa shape index (κ1) is 19.1. The van der Waals surface area contributed by atoms with Crippen molar-refractivity contribution >= 4 is 35.6 Å². The molecule has 0 radical (unpaired) electrons. The molecule has 3 rings (SSSR count). The van der Waals surface area contributed by atoms with Crippen LogP contribution in [0.5, 0.6) is 5.75 Å². The van der Waals surface area contributed by atoms with Crippen molar-refractivity contribution in [1.29, 1.82) is 0 Å². The van der Waals surface area contributed by atoms with Gasteiger partial charge in [-0.1, -0.05) is 6.07 Å². The minimum atomic E-state index is 0. The summed E-state index contributed by atoms with van der Waals surface area (Å²) < 4.78 is 5.33. The molecular weight excluding hydrogens is 415 g/mol. The number of guanidine groups is 1. The minimum Gasteiger partial charge on any atom is -0.497 e. The van der Waals surface area contributed by atoms with Gasteiger partial charge in [0, 0.05) is 51.0 Å². The van der Waals surface area contributed by atoms with Crippen LogP contribution in [0.15, 0.2) is 29.3 Å². The van der Waals surface area contributed by atoms with Gasteiger partial charge >= 0.3 is 0 Å². The number of hydrogen-bond acceptors (Lipinski definition) is 3. The van der Waals surface area contributed by atoms with Gasteiger partial charge in [0.25, 0.3) is 0 Å². The van der Waals surface area contributed by atoms with E-state index in [0.717, 1.165) is 56.9 Å². The number of aliphatic imine (C=N–C) groups is 1. The molecule has 0 bridgehead atoms. The van der Waals surface area contributed by atoms with Gasteiger partial charge in [0.05, 0.1) is 7.11 Å². The average Bonchev–Trinajstić information content (AvgIpc) is 3.43. The summed E-state index contributed by atoms with van der Waals surface area (Å²) in [4.78, 5) is 9.63. The van der Waals surface area contributed by atoms with Gasteiger partial charge in [-0.25, -0.2) is 0 Å². The normalized spacial score (nSPS) is 18.2. The molecule has 2 fully saturated rings. The molecule has 1 heterocycles. The van der Waals surface area contributed by atoms with Gasteiger partial charge in [0.2, 0.25) is 0 Å². The van der Waals surface area contributed by atoms with Crippen LogP contribution in [0.2, 0.25) is 0 Å². The Morgan fingerprint density at radius 3 is 2.62 bits per heavy atom. The van der Waals surface area contributed by atoms with E-state index in [4.69, 9.17) is 9.73 Å². The predicted molar refractivity (Wildman–Crippen MR) is 111 cm³/mol. The van der Waals surface area contributed by atoms with E-state index in [0.29, 0.717) is 0 Å². The molecule has 6 heteroatoms. The molecule has 1 saturated carbocycles. The number of benzene rings is 1. The lowest BCUT2D eigenvalue weighted by molar-refractivity contribution is 0.371. The molecule has 0 unspecified atom stereocenters. The molecule has 0 atom stereocenters. The molecule has 2 aliphatic rings. The molecule has 1 aliphatic carbocycles. The van der Waals surface area contributed by atoms with Crippen molar-refractivity contribution in [1.82, 2.24) is 10.2 Å². The lowest BCUT2D eigenvalue weighted by Crippen LogP contribution is -2.52. The molecule has 0 aromatic heterocycles. The monoisotopic (exact) mass is 444 g/mol. The summed E-state index contributed by atoms with van der Waals surface area (Å²) in [5, 5.41) is 3.45. The molecule has 134 valence electrons. The Kier molecular flexibility index (Phi) is 7.45. The van der Waals surface area contributed by atoms with Crippen molar-refractivity contribution in [3.63, 3.8) is 0 Å². The molecule has 1 aromatic carbocycles. The van der Waals surface area contributed by atoms with Crippen molar-refractivity contribution < 1.29 is 4.74 Å². The Hall–Kier alpha value is -1.18. The van der Waals surface area contributed by atoms with Crippen LogP contribution in [-0.2, 0) is 0 Å². The van der Waals surface area contributed by atoms with Crippen LogP contribution in [0.25, 0.3) is 0 Å². The van der Waals surface area contributed by atoms with Crippen molar-refractivity contribution in [3.8, 4) is 5.75 Å². The molecular formula is C18H29IN4O. The molecule has 1 aromatic rings. The first-order valence-corrected chi connectivity index (χ1v) is 8.72. The van der Waals surface area contributed by atoms with Crippen LogP contribution in [0.1, 0.15) is 19.8 Å². The maximum absolute atomic E-state index is 5.33. The number of ether oxygens (including phenoxy) is 1. The van der Waals surface area contributed by atoms with Crippen molar-refractivity contribution in [3.05, 3.63) is 24.3 Å². The fourth-order valence-electron chi connectivity index (χ4n) is 2.93. The summed E-state index contributed by atoms with van der Waals surface area (Å²) in [6.45, 7) is 8.10. The van der Waals surface area contributed by atoms with Crippen LogP contribution in [-0.4, -0.2) is 57.2 Å². The first-order valence-electron chi connectivity index (χ1n) is 8.72. The largest absolute Gasteiger partial charge is 0.497 e. The number of hydrogen-bond donors (Lipinski definition) is 1. The first-order chi connectivity index (χ1) is 11.3. The highest BCUT2D eigenvalue weighted by atomic mass is 127. The third kappa shape index (κ3) is 5.16. The van der Waals surface area contributed by atoms with Gasteiger partial charge in [-0.05, 0) is 37.8 Å². The summed E-state index contributed by atoms with van der Waals surface area (Å²) in [5.74, 6) is 2.84. The fraction of sp³-hybridized carbons (Fsp3) is 0.611. The average molecular weight is 444 g/mol. The van der Waals surface area contributed by atoms with Crippen molar-refractivity contribution in [2.24, 2.45) is 10.9 Å². The van der Waals surface area contributed by atoms with Crippen LogP contribution >= 0.6 is 24.0 Å². The maximum atomic E-state index is 5.33. The summed E-state index contributed by atoms with van der Waals surface area (Å²) in [7, 11) is 1.72. The topological polar surface area (TPSA) is 40.1 Å². The number of nitrogens with one attached hydrogen (secondary N) is 1. The van der Waals surface area contributed by atoms with E-state index in [1.165, 1.54) is 18.5 Å². The lowest BCUT2D eigenvalue weighted by atomic mass is 10.2. The van der Waals surface area contributed by atoms with Crippen LogP contribution in [0, 0.1) is 5.92 Å². The Morgan fingerprint density at radius 1 is 1.25 bits per heavy atom. The molecule has 1 N–H and O–H groups in total. The van der Waals surface area contributed by atoms with Gasteiger partial charge < -0.3 is 19.9 Å². The Morgan fingerprint density at radius 2 is 2.00 bits per heavy atom. The van der Waals surface area contributed by atoms with E-state index < -0.39 is 0 Å².